The van der Waals surface area contributed by atoms with Crippen LogP contribution in [0.15, 0.2) is 28.7 Å². The first kappa shape index (κ1) is 12.6. The Labute approximate surface area is 111 Å². The maximum absolute atomic E-state index is 13.2. The van der Waals surface area contributed by atoms with Crippen molar-refractivity contribution in [1.29, 1.82) is 0 Å². The second-order valence-electron chi connectivity index (χ2n) is 5.20. The number of furan rings is 1. The highest BCUT2D eigenvalue weighted by atomic mass is 19.1. The zero-order chi connectivity index (χ0) is 13.4. The van der Waals surface area contributed by atoms with Gasteiger partial charge in [0.1, 0.15) is 17.2 Å². The van der Waals surface area contributed by atoms with Crippen molar-refractivity contribution in [3.63, 3.8) is 0 Å². The van der Waals surface area contributed by atoms with E-state index in [1.807, 2.05) is 13.1 Å². The Balaban J connectivity index is 1.96. The Kier molecular flexibility index (Phi) is 3.29. The summed E-state index contributed by atoms with van der Waals surface area (Å²) in [5, 5.41) is 4.05. The van der Waals surface area contributed by atoms with Crippen LogP contribution in [0.25, 0.3) is 11.0 Å². The lowest BCUT2D eigenvalue weighted by molar-refractivity contribution is 0.0569. The number of ether oxygens (including phenoxy) is 1. The van der Waals surface area contributed by atoms with E-state index in [2.05, 4.69) is 12.2 Å². The largest absolute Gasteiger partial charge is 0.459 e. The van der Waals surface area contributed by atoms with E-state index in [1.54, 1.807) is 6.07 Å². The minimum absolute atomic E-state index is 0.00737. The normalized spacial score (nSPS) is 25.0. The highest BCUT2D eigenvalue weighted by Crippen LogP contribution is 2.33. The third-order valence-electron chi connectivity index (χ3n) is 3.89. The predicted molar refractivity (Wildman–Crippen MR) is 71.5 cm³/mol. The van der Waals surface area contributed by atoms with Crippen molar-refractivity contribution >= 4 is 11.0 Å². The van der Waals surface area contributed by atoms with E-state index < -0.39 is 0 Å². The molecule has 1 aromatic carbocycles. The molecular formula is C15H18FNO2. The molecule has 1 aliphatic rings. The van der Waals surface area contributed by atoms with E-state index in [4.69, 9.17) is 9.15 Å². The molecule has 3 rings (SSSR count). The van der Waals surface area contributed by atoms with Crippen LogP contribution < -0.4 is 5.32 Å². The Morgan fingerprint density at radius 3 is 2.89 bits per heavy atom. The van der Waals surface area contributed by atoms with Crippen molar-refractivity contribution in [2.75, 3.05) is 13.7 Å². The molecule has 1 fully saturated rings. The molecule has 1 aliphatic heterocycles. The molecule has 102 valence electrons. The molecule has 4 heteroatoms. The van der Waals surface area contributed by atoms with Gasteiger partial charge in [0, 0.05) is 12.0 Å². The molecule has 3 nitrogen and oxygen atoms in total. The van der Waals surface area contributed by atoms with Crippen LogP contribution in [-0.4, -0.2) is 19.8 Å². The maximum Gasteiger partial charge on any atom is 0.134 e. The Bertz CT molecular complexity index is 581. The van der Waals surface area contributed by atoms with Crippen molar-refractivity contribution in [2.24, 2.45) is 5.92 Å². The van der Waals surface area contributed by atoms with Crippen LogP contribution in [0.1, 0.15) is 25.1 Å². The van der Waals surface area contributed by atoms with Gasteiger partial charge in [0.15, 0.2) is 0 Å². The summed E-state index contributed by atoms with van der Waals surface area (Å²) in [5.74, 6) is 1.05. The van der Waals surface area contributed by atoms with E-state index in [1.165, 1.54) is 12.1 Å². The van der Waals surface area contributed by atoms with Crippen molar-refractivity contribution < 1.29 is 13.5 Å². The molecule has 2 aromatic rings. The molecule has 1 N–H and O–H groups in total. The highest BCUT2D eigenvalue weighted by Gasteiger charge is 2.34. The lowest BCUT2D eigenvalue weighted by Gasteiger charge is -2.23. The molecule has 0 amide bonds. The van der Waals surface area contributed by atoms with E-state index >= 15 is 0 Å². The van der Waals surface area contributed by atoms with Gasteiger partial charge >= 0.3 is 0 Å². The highest BCUT2D eigenvalue weighted by molar-refractivity contribution is 5.78. The van der Waals surface area contributed by atoms with E-state index in [0.717, 1.165) is 24.2 Å². The molecule has 1 saturated heterocycles. The van der Waals surface area contributed by atoms with Crippen molar-refractivity contribution in [2.45, 2.75) is 25.5 Å². The number of nitrogens with one attached hydrogen (secondary N) is 1. The summed E-state index contributed by atoms with van der Waals surface area (Å²) >= 11 is 0. The van der Waals surface area contributed by atoms with Crippen molar-refractivity contribution in [3.05, 3.63) is 35.8 Å². The minimum atomic E-state index is -0.244. The summed E-state index contributed by atoms with van der Waals surface area (Å²) in [6.07, 6.45) is 1.17. The van der Waals surface area contributed by atoms with Gasteiger partial charge in [-0.15, -0.1) is 0 Å². The number of hydrogen-bond donors (Lipinski definition) is 1. The van der Waals surface area contributed by atoms with E-state index in [0.29, 0.717) is 11.5 Å². The topological polar surface area (TPSA) is 34.4 Å². The smallest absolute Gasteiger partial charge is 0.134 e. The number of benzene rings is 1. The monoisotopic (exact) mass is 263 g/mol. The van der Waals surface area contributed by atoms with Crippen LogP contribution in [0.2, 0.25) is 0 Å². The Morgan fingerprint density at radius 1 is 1.37 bits per heavy atom. The Hall–Kier alpha value is -1.39. The van der Waals surface area contributed by atoms with Crippen LogP contribution in [0, 0.1) is 11.7 Å². The third kappa shape index (κ3) is 2.26. The molecular weight excluding hydrogens is 245 g/mol. The van der Waals surface area contributed by atoms with Crippen LogP contribution in [0.5, 0.6) is 0 Å². The van der Waals surface area contributed by atoms with Gasteiger partial charge in [-0.1, -0.05) is 6.92 Å². The van der Waals surface area contributed by atoms with Gasteiger partial charge in [0.25, 0.3) is 0 Å². The summed E-state index contributed by atoms with van der Waals surface area (Å²) < 4.78 is 24.8. The zero-order valence-electron chi connectivity index (χ0n) is 11.2. The SMILES string of the molecule is CNC(c1cc2cc(F)ccc2o1)C1OCCC1C. The predicted octanol–water partition coefficient (Wildman–Crippen LogP) is 3.26. The van der Waals surface area contributed by atoms with E-state index in [9.17, 15) is 4.39 Å². The molecule has 0 aliphatic carbocycles. The molecule has 0 spiro atoms. The number of halogens is 1. The number of rotatable bonds is 3. The first-order chi connectivity index (χ1) is 9.19. The fourth-order valence-electron chi connectivity index (χ4n) is 2.80. The summed E-state index contributed by atoms with van der Waals surface area (Å²) in [5.41, 5.74) is 0.710. The summed E-state index contributed by atoms with van der Waals surface area (Å²) in [4.78, 5) is 0. The molecule has 1 aromatic heterocycles. The van der Waals surface area contributed by atoms with Gasteiger partial charge in [-0.3, -0.25) is 0 Å². The zero-order valence-corrected chi connectivity index (χ0v) is 11.2. The number of hydrogen-bond acceptors (Lipinski definition) is 3. The number of fused-ring (bicyclic) bond motifs is 1. The quantitative estimate of drug-likeness (QED) is 0.923. The van der Waals surface area contributed by atoms with Crippen LogP contribution >= 0.6 is 0 Å². The van der Waals surface area contributed by atoms with Gasteiger partial charge in [0.05, 0.1) is 12.1 Å². The van der Waals surface area contributed by atoms with Gasteiger partial charge in [-0.2, -0.15) is 0 Å². The van der Waals surface area contributed by atoms with Gasteiger partial charge in [-0.25, -0.2) is 4.39 Å². The van der Waals surface area contributed by atoms with Gasteiger partial charge in [0.2, 0.25) is 0 Å². The van der Waals surface area contributed by atoms with Gasteiger partial charge < -0.3 is 14.5 Å². The van der Waals surface area contributed by atoms with Gasteiger partial charge in [-0.05, 0) is 43.7 Å². The number of likely N-dealkylation sites (N-methyl/N-ethyl adjacent to an activating group) is 1. The molecule has 3 atom stereocenters. The average molecular weight is 263 g/mol. The summed E-state index contributed by atoms with van der Waals surface area (Å²) in [6, 6.07) is 6.48. The first-order valence-corrected chi connectivity index (χ1v) is 6.67. The molecule has 19 heavy (non-hydrogen) atoms. The fourth-order valence-corrected chi connectivity index (χ4v) is 2.80. The molecule has 0 bridgehead atoms. The molecule has 3 unspecified atom stereocenters. The van der Waals surface area contributed by atoms with Crippen LogP contribution in [0.4, 0.5) is 4.39 Å². The third-order valence-corrected chi connectivity index (χ3v) is 3.89. The molecule has 2 heterocycles. The minimum Gasteiger partial charge on any atom is -0.459 e. The van der Waals surface area contributed by atoms with E-state index in [-0.39, 0.29) is 18.0 Å². The molecule has 0 radical (unpaired) electrons. The fraction of sp³-hybridized carbons (Fsp3) is 0.467. The van der Waals surface area contributed by atoms with Crippen LogP contribution in [0.3, 0.4) is 0 Å². The maximum atomic E-state index is 13.2. The standard InChI is InChI=1S/C15H18FNO2/c1-9-5-6-18-15(9)14(17-2)13-8-10-7-11(16)3-4-12(10)19-13/h3-4,7-9,14-15,17H,5-6H2,1-2H3. The first-order valence-electron chi connectivity index (χ1n) is 6.67. The summed E-state index contributed by atoms with van der Waals surface area (Å²) in [7, 11) is 1.90. The average Bonchev–Trinajstić information content (AvgIpc) is 2.97. The second kappa shape index (κ2) is 4.94. The lowest BCUT2D eigenvalue weighted by Crippen LogP contribution is -2.32. The molecule has 0 saturated carbocycles. The second-order valence-corrected chi connectivity index (χ2v) is 5.20. The summed E-state index contributed by atoms with van der Waals surface area (Å²) in [6.45, 7) is 2.98. The lowest BCUT2D eigenvalue weighted by atomic mass is 9.96. The van der Waals surface area contributed by atoms with Crippen molar-refractivity contribution in [1.82, 2.24) is 5.32 Å². The van der Waals surface area contributed by atoms with Crippen molar-refractivity contribution in [3.8, 4) is 0 Å². The Morgan fingerprint density at radius 2 is 2.21 bits per heavy atom. The van der Waals surface area contributed by atoms with Crippen LogP contribution in [-0.2, 0) is 4.74 Å².